The normalized spacial score (nSPS) is 13.4. The van der Waals surface area contributed by atoms with E-state index in [1.165, 1.54) is 141 Å². The fourth-order valence-corrected chi connectivity index (χ4v) is 6.92. The van der Waals surface area contributed by atoms with E-state index < -0.39 is 26.5 Å². The van der Waals surface area contributed by atoms with Gasteiger partial charge in [-0.25, -0.2) is 4.57 Å². The minimum atomic E-state index is -4.37. The number of rotatable bonds is 41. The molecule has 0 aliphatic heterocycles. The van der Waals surface area contributed by atoms with E-state index in [4.69, 9.17) is 24.3 Å². The van der Waals surface area contributed by atoms with Crippen LogP contribution in [0.1, 0.15) is 213 Å². The van der Waals surface area contributed by atoms with Gasteiger partial charge in [0.05, 0.1) is 13.2 Å². The largest absolute Gasteiger partial charge is 0.472 e. The molecule has 0 heterocycles. The second kappa shape index (κ2) is 39.4. The maximum Gasteiger partial charge on any atom is 0.472 e. The summed E-state index contributed by atoms with van der Waals surface area (Å²) >= 11 is 0. The van der Waals surface area contributed by atoms with Crippen molar-refractivity contribution in [3.05, 3.63) is 12.2 Å². The van der Waals surface area contributed by atoms with Crippen molar-refractivity contribution < 1.29 is 37.6 Å². The number of phosphoric ester groups is 1. The zero-order valence-corrected chi connectivity index (χ0v) is 34.7. The molecule has 308 valence electrons. The summed E-state index contributed by atoms with van der Waals surface area (Å²) < 4.78 is 32.7. The van der Waals surface area contributed by atoms with Gasteiger partial charge in [0.1, 0.15) is 6.61 Å². The summed E-state index contributed by atoms with van der Waals surface area (Å²) in [4.78, 5) is 34.8. The second-order valence-electron chi connectivity index (χ2n) is 14.6. The van der Waals surface area contributed by atoms with Crippen molar-refractivity contribution in [3.63, 3.8) is 0 Å². The third-order valence-corrected chi connectivity index (χ3v) is 10.4. The maximum atomic E-state index is 12.6. The zero-order chi connectivity index (χ0) is 38.2. The first-order valence-electron chi connectivity index (χ1n) is 21.7. The average Bonchev–Trinajstić information content (AvgIpc) is 3.13. The van der Waals surface area contributed by atoms with E-state index in [0.717, 1.165) is 38.5 Å². The molecule has 0 amide bonds. The number of esters is 2. The molecular formula is C42H82NO8P. The van der Waals surface area contributed by atoms with Gasteiger partial charge in [-0.1, -0.05) is 174 Å². The number of unbranched alkanes of at least 4 members (excludes halogenated alkanes) is 26. The summed E-state index contributed by atoms with van der Waals surface area (Å²) in [7, 11) is -4.37. The van der Waals surface area contributed by atoms with Gasteiger partial charge in [-0.3, -0.25) is 18.6 Å². The van der Waals surface area contributed by atoms with Crippen molar-refractivity contribution >= 4 is 19.8 Å². The number of phosphoric acid groups is 1. The third kappa shape index (κ3) is 38.5. The van der Waals surface area contributed by atoms with Gasteiger partial charge < -0.3 is 20.1 Å². The van der Waals surface area contributed by atoms with Crippen LogP contribution in [0.15, 0.2) is 12.2 Å². The Kier molecular flexibility index (Phi) is 38.5. The summed E-state index contributed by atoms with van der Waals surface area (Å²) in [6, 6.07) is 0. The molecule has 0 saturated heterocycles. The van der Waals surface area contributed by atoms with Crippen molar-refractivity contribution in [3.8, 4) is 0 Å². The third-order valence-electron chi connectivity index (χ3n) is 9.40. The van der Waals surface area contributed by atoms with Crippen LogP contribution in [0.25, 0.3) is 0 Å². The fourth-order valence-electron chi connectivity index (χ4n) is 6.16. The minimum Gasteiger partial charge on any atom is -0.462 e. The molecule has 9 nitrogen and oxygen atoms in total. The van der Waals surface area contributed by atoms with Gasteiger partial charge >= 0.3 is 19.8 Å². The van der Waals surface area contributed by atoms with Gasteiger partial charge in [0.2, 0.25) is 0 Å². The molecule has 2 atom stereocenters. The first-order chi connectivity index (χ1) is 25.3. The molecule has 0 bridgehead atoms. The maximum absolute atomic E-state index is 12.6. The van der Waals surface area contributed by atoms with Crippen LogP contribution in [0, 0.1) is 0 Å². The summed E-state index contributed by atoms with van der Waals surface area (Å²) in [5.74, 6) is -0.844. The quantitative estimate of drug-likeness (QED) is 0.0270. The molecule has 0 aromatic heterocycles. The van der Waals surface area contributed by atoms with Crippen LogP contribution in [0.3, 0.4) is 0 Å². The van der Waals surface area contributed by atoms with Crippen LogP contribution >= 0.6 is 7.82 Å². The predicted octanol–water partition coefficient (Wildman–Crippen LogP) is 12.2. The van der Waals surface area contributed by atoms with Gasteiger partial charge in [0.25, 0.3) is 0 Å². The van der Waals surface area contributed by atoms with Gasteiger partial charge in [-0.2, -0.15) is 0 Å². The standard InChI is InChI=1S/C42H82NO8P/c1-3-5-7-9-11-13-15-17-19-21-22-24-26-28-30-32-34-41(44)48-38-40(39-50-52(46,47)49-37-36-43)51-42(45)35-33-31-29-27-25-23-20-18-16-14-12-10-8-6-4-2/h25,27,40H,3-24,26,28-39,43H2,1-2H3,(H,46,47)/b27-25+/t40-/m1/s1. The van der Waals surface area contributed by atoms with Gasteiger partial charge in [-0.15, -0.1) is 0 Å². The number of hydrogen-bond acceptors (Lipinski definition) is 8. The van der Waals surface area contributed by atoms with E-state index in [9.17, 15) is 19.0 Å². The van der Waals surface area contributed by atoms with E-state index in [1.54, 1.807) is 0 Å². The fraction of sp³-hybridized carbons (Fsp3) is 0.905. The van der Waals surface area contributed by atoms with Crippen LogP contribution in [0.4, 0.5) is 0 Å². The molecule has 1 unspecified atom stereocenters. The Morgan fingerprint density at radius 2 is 0.942 bits per heavy atom. The van der Waals surface area contributed by atoms with Crippen molar-refractivity contribution in [2.75, 3.05) is 26.4 Å². The van der Waals surface area contributed by atoms with Crippen LogP contribution in [0.2, 0.25) is 0 Å². The Bertz CT molecular complexity index is 871. The molecule has 10 heteroatoms. The summed E-state index contributed by atoms with van der Waals surface area (Å²) in [6.45, 7) is 3.73. The van der Waals surface area contributed by atoms with Crippen molar-refractivity contribution in [2.45, 2.75) is 219 Å². The van der Waals surface area contributed by atoms with Crippen molar-refractivity contribution in [1.82, 2.24) is 0 Å². The molecule has 0 fully saturated rings. The lowest BCUT2D eigenvalue weighted by molar-refractivity contribution is -0.161. The molecule has 0 aromatic carbocycles. The van der Waals surface area contributed by atoms with Gasteiger partial charge in [0, 0.05) is 19.4 Å². The van der Waals surface area contributed by atoms with Gasteiger partial charge in [0.15, 0.2) is 6.10 Å². The molecule has 0 spiro atoms. The average molecular weight is 760 g/mol. The Balaban J connectivity index is 4.15. The Morgan fingerprint density at radius 1 is 0.558 bits per heavy atom. The Morgan fingerprint density at radius 3 is 1.40 bits per heavy atom. The number of hydrogen-bond donors (Lipinski definition) is 2. The number of allylic oxidation sites excluding steroid dienone is 2. The monoisotopic (exact) mass is 760 g/mol. The van der Waals surface area contributed by atoms with Gasteiger partial charge in [-0.05, 0) is 38.5 Å². The number of carbonyl (C=O) groups is 2. The highest BCUT2D eigenvalue weighted by Crippen LogP contribution is 2.43. The molecule has 0 aromatic rings. The first-order valence-corrected chi connectivity index (χ1v) is 23.2. The number of nitrogens with two attached hydrogens (primary N) is 1. The lowest BCUT2D eigenvalue weighted by atomic mass is 10.0. The first kappa shape index (κ1) is 50.8. The Labute approximate surface area is 319 Å². The van der Waals surface area contributed by atoms with Crippen molar-refractivity contribution in [2.24, 2.45) is 5.73 Å². The molecule has 0 aliphatic carbocycles. The SMILES string of the molecule is CCCCCCCCCCC/C=C/CCCCC(=O)O[C@H](COC(=O)CCCCCCCCCCCCCCCCCC)COP(=O)(O)OCCN. The summed E-state index contributed by atoms with van der Waals surface area (Å²) in [5.41, 5.74) is 5.34. The smallest absolute Gasteiger partial charge is 0.462 e. The van der Waals surface area contributed by atoms with Crippen LogP contribution < -0.4 is 5.73 Å². The van der Waals surface area contributed by atoms with E-state index >= 15 is 0 Å². The van der Waals surface area contributed by atoms with Crippen molar-refractivity contribution in [1.29, 1.82) is 0 Å². The zero-order valence-electron chi connectivity index (χ0n) is 33.8. The predicted molar refractivity (Wildman–Crippen MR) is 215 cm³/mol. The molecule has 52 heavy (non-hydrogen) atoms. The van der Waals surface area contributed by atoms with E-state index in [-0.39, 0.29) is 38.6 Å². The topological polar surface area (TPSA) is 134 Å². The highest BCUT2D eigenvalue weighted by atomic mass is 31.2. The Hall–Kier alpha value is -1.25. The van der Waals surface area contributed by atoms with E-state index in [1.807, 2.05) is 0 Å². The summed E-state index contributed by atoms with van der Waals surface area (Å²) in [6.07, 6.45) is 39.6. The highest BCUT2D eigenvalue weighted by molar-refractivity contribution is 7.47. The molecule has 3 N–H and O–H groups in total. The number of carbonyl (C=O) groups excluding carboxylic acids is 2. The highest BCUT2D eigenvalue weighted by Gasteiger charge is 2.26. The van der Waals surface area contributed by atoms with Crippen LogP contribution in [-0.2, 0) is 32.7 Å². The van der Waals surface area contributed by atoms with E-state index in [0.29, 0.717) is 6.42 Å². The lowest BCUT2D eigenvalue weighted by Gasteiger charge is -2.19. The molecule has 0 radical (unpaired) electrons. The number of ether oxygens (including phenoxy) is 2. The molecule has 0 rings (SSSR count). The molecular weight excluding hydrogens is 677 g/mol. The minimum absolute atomic E-state index is 0.0533. The summed E-state index contributed by atoms with van der Waals surface area (Å²) in [5, 5.41) is 0. The second-order valence-corrected chi connectivity index (χ2v) is 16.0. The molecule has 0 saturated carbocycles. The van der Waals surface area contributed by atoms with Crippen LogP contribution in [0.5, 0.6) is 0 Å². The molecule has 0 aliphatic rings. The lowest BCUT2D eigenvalue weighted by Crippen LogP contribution is -2.29. The van der Waals surface area contributed by atoms with Crippen LogP contribution in [-0.4, -0.2) is 49.3 Å². The van der Waals surface area contributed by atoms with E-state index in [2.05, 4.69) is 26.0 Å².